The van der Waals surface area contributed by atoms with Crippen LogP contribution in [-0.4, -0.2) is 89.7 Å². The Hall–Kier alpha value is -4.46. The lowest BCUT2D eigenvalue weighted by molar-refractivity contribution is -0.158. The van der Waals surface area contributed by atoms with Gasteiger partial charge in [0.2, 0.25) is 11.8 Å². The first-order valence-electron chi connectivity index (χ1n) is 14.0. The molecule has 0 aliphatic carbocycles. The topological polar surface area (TPSA) is 193 Å². The molecule has 2 aromatic rings. The van der Waals surface area contributed by atoms with E-state index in [2.05, 4.69) is 15.6 Å². The number of aromatic nitrogens is 1. The second kappa shape index (κ2) is 15.1. The summed E-state index contributed by atoms with van der Waals surface area (Å²) in [6.45, 7) is 4.29. The number of ether oxygens (including phenoxy) is 3. The average molecular weight is 603 g/mol. The third-order valence-corrected chi connectivity index (χ3v) is 7.03. The third kappa shape index (κ3) is 8.77. The molecule has 1 aromatic heterocycles. The summed E-state index contributed by atoms with van der Waals surface area (Å²) >= 11 is 0. The minimum absolute atomic E-state index is 0.0230. The Balaban J connectivity index is 1.76. The molecule has 234 valence electrons. The highest BCUT2D eigenvalue weighted by atomic mass is 16.7. The molecule has 3 rings (SSSR count). The molecule has 43 heavy (non-hydrogen) atoms. The van der Waals surface area contributed by atoms with E-state index < -0.39 is 67.0 Å². The Bertz CT molecular complexity index is 1350. The van der Waals surface area contributed by atoms with Crippen LogP contribution in [0, 0.1) is 11.8 Å². The van der Waals surface area contributed by atoms with Gasteiger partial charge in [0.05, 0.1) is 13.2 Å². The highest BCUT2D eigenvalue weighted by Crippen LogP contribution is 2.26. The summed E-state index contributed by atoms with van der Waals surface area (Å²) in [4.78, 5) is 78.9. The summed E-state index contributed by atoms with van der Waals surface area (Å²) in [5.41, 5.74) is 0.871. The van der Waals surface area contributed by atoms with Crippen molar-refractivity contribution in [1.82, 2.24) is 20.5 Å². The zero-order valence-electron chi connectivity index (χ0n) is 24.6. The number of hydrogen-bond acceptors (Lipinski definition) is 9. The van der Waals surface area contributed by atoms with Crippen LogP contribution in [0.5, 0.6) is 5.75 Å². The van der Waals surface area contributed by atoms with Crippen LogP contribution in [-0.2, 0) is 28.7 Å². The first kappa shape index (κ1) is 33.0. The van der Waals surface area contributed by atoms with Crippen LogP contribution in [0.3, 0.4) is 0 Å². The molecule has 14 nitrogen and oxygen atoms in total. The van der Waals surface area contributed by atoms with Crippen molar-refractivity contribution < 1.29 is 48.1 Å². The molecule has 1 fully saturated rings. The molecular weight excluding hydrogens is 564 g/mol. The number of nitrogens with zero attached hydrogens (tertiary/aromatic N) is 1. The third-order valence-electron chi connectivity index (χ3n) is 7.03. The van der Waals surface area contributed by atoms with E-state index in [-0.39, 0.29) is 43.8 Å². The molecule has 4 amide bonds. The van der Waals surface area contributed by atoms with E-state index >= 15 is 0 Å². The zero-order chi connectivity index (χ0) is 31.7. The number of nitrogens with one attached hydrogen (secondary N) is 3. The number of H-pyrrole nitrogens is 1. The number of Topliss-reactive ketones (excluding diaryl/α,β-unsaturated/α-hetero) is 1. The fourth-order valence-electron chi connectivity index (χ4n) is 4.79. The molecule has 0 unspecified atom stereocenters. The van der Waals surface area contributed by atoms with Gasteiger partial charge >= 0.3 is 12.1 Å². The number of carbonyl (C=O) groups excluding carboxylic acids is 5. The van der Waals surface area contributed by atoms with Gasteiger partial charge < -0.3 is 34.9 Å². The fraction of sp³-hybridized carbons (Fsp3) is 0.517. The Morgan fingerprint density at radius 1 is 1.14 bits per heavy atom. The van der Waals surface area contributed by atoms with E-state index in [1.54, 1.807) is 31.2 Å². The molecule has 14 heteroatoms. The normalized spacial score (nSPS) is 16.2. The van der Waals surface area contributed by atoms with Gasteiger partial charge in [-0.1, -0.05) is 26.8 Å². The number of esters is 1. The Morgan fingerprint density at radius 3 is 2.51 bits per heavy atom. The summed E-state index contributed by atoms with van der Waals surface area (Å²) in [5.74, 6) is -3.30. The molecule has 1 aliphatic rings. The molecule has 1 aliphatic heterocycles. The average Bonchev–Trinajstić information content (AvgIpc) is 3.57. The van der Waals surface area contributed by atoms with Gasteiger partial charge in [-0.05, 0) is 43.4 Å². The first-order chi connectivity index (χ1) is 20.4. The number of amides is 4. The fourth-order valence-corrected chi connectivity index (χ4v) is 4.79. The lowest BCUT2D eigenvalue weighted by Gasteiger charge is -2.25. The van der Waals surface area contributed by atoms with Crippen molar-refractivity contribution in [3.63, 3.8) is 0 Å². The van der Waals surface area contributed by atoms with Gasteiger partial charge in [-0.15, -0.1) is 0 Å². The van der Waals surface area contributed by atoms with Crippen molar-refractivity contribution in [2.45, 2.75) is 58.5 Å². The molecule has 4 N–H and O–H groups in total. The maximum Gasteiger partial charge on any atom is 0.414 e. The summed E-state index contributed by atoms with van der Waals surface area (Å²) in [6, 6.07) is 4.64. The number of aromatic amines is 1. The van der Waals surface area contributed by atoms with E-state index in [0.717, 1.165) is 0 Å². The SMILES string of the molecule is CCC(=O)OCOCC(=O)[C@H](C[C@@H]1CCN(C(=O)O)C1=O)NC(=O)[C@H](CC(C)C)NC(=O)c1cc2c(OC)cccc2[nH]1. The number of rotatable bonds is 15. The van der Waals surface area contributed by atoms with E-state index in [0.29, 0.717) is 21.6 Å². The largest absolute Gasteiger partial charge is 0.496 e. The first-order valence-corrected chi connectivity index (χ1v) is 14.0. The van der Waals surface area contributed by atoms with Crippen LogP contribution < -0.4 is 15.4 Å². The molecule has 0 radical (unpaired) electrons. The molecule has 0 spiro atoms. The number of hydrogen-bond donors (Lipinski definition) is 4. The van der Waals surface area contributed by atoms with Crippen LogP contribution >= 0.6 is 0 Å². The maximum absolute atomic E-state index is 13.5. The highest BCUT2D eigenvalue weighted by molar-refractivity contribution is 6.02. The van der Waals surface area contributed by atoms with Crippen molar-refractivity contribution >= 4 is 46.5 Å². The van der Waals surface area contributed by atoms with Gasteiger partial charge in [0, 0.05) is 29.8 Å². The summed E-state index contributed by atoms with van der Waals surface area (Å²) < 4.78 is 15.3. The van der Waals surface area contributed by atoms with Crippen LogP contribution in [0.25, 0.3) is 10.9 Å². The lowest BCUT2D eigenvalue weighted by atomic mass is 9.95. The number of methoxy groups -OCH3 is 1. The number of ketones is 1. The van der Waals surface area contributed by atoms with Gasteiger partial charge in [-0.25, -0.2) is 9.69 Å². The Kier molecular flexibility index (Phi) is 11.6. The van der Waals surface area contributed by atoms with E-state index in [9.17, 15) is 33.9 Å². The van der Waals surface area contributed by atoms with Crippen LogP contribution in [0.4, 0.5) is 4.79 Å². The zero-order valence-corrected chi connectivity index (χ0v) is 24.6. The van der Waals surface area contributed by atoms with Crippen molar-refractivity contribution in [2.75, 3.05) is 27.1 Å². The van der Waals surface area contributed by atoms with Crippen LogP contribution in [0.1, 0.15) is 56.9 Å². The van der Waals surface area contributed by atoms with Gasteiger partial charge in [0.1, 0.15) is 24.1 Å². The highest BCUT2D eigenvalue weighted by Gasteiger charge is 2.39. The van der Waals surface area contributed by atoms with Crippen LogP contribution in [0.2, 0.25) is 0 Å². The van der Waals surface area contributed by atoms with Crippen LogP contribution in [0.15, 0.2) is 24.3 Å². The summed E-state index contributed by atoms with van der Waals surface area (Å²) in [7, 11) is 1.52. The monoisotopic (exact) mass is 602 g/mol. The number of fused-ring (bicyclic) bond motifs is 1. The van der Waals surface area contributed by atoms with Crippen molar-refractivity contribution in [2.24, 2.45) is 11.8 Å². The molecule has 0 bridgehead atoms. The van der Waals surface area contributed by atoms with Crippen molar-refractivity contribution in [1.29, 1.82) is 0 Å². The number of likely N-dealkylation sites (tertiary alicyclic amines) is 1. The van der Waals surface area contributed by atoms with Gasteiger partial charge in [0.15, 0.2) is 12.6 Å². The van der Waals surface area contributed by atoms with Crippen molar-refractivity contribution in [3.05, 3.63) is 30.0 Å². The number of carbonyl (C=O) groups is 6. The second-order valence-electron chi connectivity index (χ2n) is 10.6. The molecule has 2 heterocycles. The minimum Gasteiger partial charge on any atom is -0.496 e. The van der Waals surface area contributed by atoms with Gasteiger partial charge in [0.25, 0.3) is 5.91 Å². The lowest BCUT2D eigenvalue weighted by Crippen LogP contribution is -2.53. The smallest absolute Gasteiger partial charge is 0.414 e. The quantitative estimate of drug-likeness (QED) is 0.133. The molecule has 3 atom stereocenters. The standard InChI is InChI=1S/C29H38N4O10/c1-5-25(35)43-15-42-14-23(34)20(12-17-9-10-33(28(17)38)29(39)40)31-26(36)21(11-16(2)3)32-27(37)22-13-18-19(30-22)7-6-8-24(18)41-4/h6-8,13,16-17,20-21,30H,5,9-12,14-15H2,1-4H3,(H,31,36)(H,32,37)(H,39,40)/t17-,20-,21-/m0/s1. The van der Waals surface area contributed by atoms with Crippen molar-refractivity contribution in [3.8, 4) is 5.75 Å². The maximum atomic E-state index is 13.5. The van der Waals surface area contributed by atoms with E-state index in [1.807, 2.05) is 13.8 Å². The number of benzene rings is 1. The predicted octanol–water partition coefficient (Wildman–Crippen LogP) is 2.22. The predicted molar refractivity (Wildman–Crippen MR) is 152 cm³/mol. The number of carboxylic acid groups (broad SMARTS) is 1. The molecular formula is C29H38N4O10. The Morgan fingerprint density at radius 2 is 1.88 bits per heavy atom. The van der Waals surface area contributed by atoms with E-state index in [4.69, 9.17) is 14.2 Å². The molecule has 1 saturated heterocycles. The van der Waals surface area contributed by atoms with Gasteiger partial charge in [-0.3, -0.25) is 24.0 Å². The minimum atomic E-state index is -1.39. The van der Waals surface area contributed by atoms with E-state index in [1.165, 1.54) is 7.11 Å². The summed E-state index contributed by atoms with van der Waals surface area (Å²) in [6.07, 6.45) is -1.03. The molecule has 1 aromatic carbocycles. The second-order valence-corrected chi connectivity index (χ2v) is 10.6. The molecule has 0 saturated carbocycles. The Labute approximate surface area is 248 Å². The van der Waals surface area contributed by atoms with Gasteiger partial charge in [-0.2, -0.15) is 0 Å². The number of imide groups is 1. The summed E-state index contributed by atoms with van der Waals surface area (Å²) in [5, 5.41) is 15.3.